The second-order valence-corrected chi connectivity index (χ2v) is 7.59. The molecule has 2 aromatic carbocycles. The van der Waals surface area contributed by atoms with Crippen molar-refractivity contribution in [3.8, 4) is 0 Å². The van der Waals surface area contributed by atoms with Crippen LogP contribution in [0.4, 0.5) is 11.4 Å². The molecule has 0 bridgehead atoms. The molecule has 1 amide bonds. The number of carbonyl (C=O) groups is 1. The first-order valence-corrected chi connectivity index (χ1v) is 10.3. The average molecular weight is 421 g/mol. The number of phosphoric acid groups is 1. The number of benzene rings is 2. The summed E-state index contributed by atoms with van der Waals surface area (Å²) in [6.45, 7) is 1.62. The second-order valence-electron chi connectivity index (χ2n) is 6.08. The lowest BCUT2D eigenvalue weighted by Crippen LogP contribution is -2.45. The fourth-order valence-electron chi connectivity index (χ4n) is 2.34. The molecule has 10 heteroatoms. The van der Waals surface area contributed by atoms with Crippen LogP contribution in [0.2, 0.25) is 0 Å². The summed E-state index contributed by atoms with van der Waals surface area (Å²) in [5.74, 6) is -0.390. The van der Waals surface area contributed by atoms with Crippen LogP contribution < -0.4 is 5.32 Å². The fraction of sp³-hybridized carbons (Fsp3) is 0.316. The lowest BCUT2D eigenvalue weighted by Gasteiger charge is -2.25. The third-order valence-corrected chi connectivity index (χ3v) is 4.99. The van der Waals surface area contributed by atoms with Crippen LogP contribution in [0.1, 0.15) is 17.3 Å². The highest BCUT2D eigenvalue weighted by Gasteiger charge is 2.29. The molecule has 29 heavy (non-hydrogen) atoms. The minimum absolute atomic E-state index is 0.0833. The number of nitrogens with zero attached hydrogens (tertiary/aromatic N) is 2. The Labute approximate surface area is 169 Å². The molecule has 0 saturated heterocycles. The van der Waals surface area contributed by atoms with Gasteiger partial charge in [-0.3, -0.25) is 13.8 Å². The van der Waals surface area contributed by atoms with Crippen molar-refractivity contribution in [2.24, 2.45) is 10.2 Å². The molecule has 0 aromatic heterocycles. The van der Waals surface area contributed by atoms with Gasteiger partial charge in [-0.25, -0.2) is 4.57 Å². The number of nitrogens with one attached hydrogen (secondary N) is 1. The van der Waals surface area contributed by atoms with E-state index in [0.29, 0.717) is 11.3 Å². The molecule has 2 aromatic rings. The Hall–Kier alpha value is -2.42. The van der Waals surface area contributed by atoms with Crippen molar-refractivity contribution in [3.63, 3.8) is 0 Å². The van der Waals surface area contributed by atoms with Crippen LogP contribution in [-0.2, 0) is 18.3 Å². The molecule has 2 N–H and O–H groups in total. The number of hydrogen-bond acceptors (Lipinski definition) is 7. The van der Waals surface area contributed by atoms with Crippen molar-refractivity contribution in [3.05, 3.63) is 60.2 Å². The number of phosphoric ester groups is 1. The van der Waals surface area contributed by atoms with Gasteiger partial charge in [-0.1, -0.05) is 18.2 Å². The van der Waals surface area contributed by atoms with Gasteiger partial charge in [0.15, 0.2) is 0 Å². The quantitative estimate of drug-likeness (QED) is 0.442. The zero-order valence-corrected chi connectivity index (χ0v) is 17.3. The number of amides is 1. The van der Waals surface area contributed by atoms with Crippen LogP contribution in [0.15, 0.2) is 64.8 Å². The molecule has 0 spiro atoms. The van der Waals surface area contributed by atoms with E-state index in [1.165, 1.54) is 7.11 Å². The van der Waals surface area contributed by atoms with Crippen molar-refractivity contribution in [1.82, 2.24) is 5.32 Å². The molecule has 0 radical (unpaired) electrons. The summed E-state index contributed by atoms with van der Waals surface area (Å²) in [5.41, 5.74) is 1.70. The van der Waals surface area contributed by atoms with Crippen LogP contribution in [-0.4, -0.2) is 43.8 Å². The van der Waals surface area contributed by atoms with Crippen LogP contribution in [0, 0.1) is 0 Å². The predicted molar refractivity (Wildman–Crippen MR) is 108 cm³/mol. The van der Waals surface area contributed by atoms with Crippen LogP contribution >= 0.6 is 7.82 Å². The van der Waals surface area contributed by atoms with Gasteiger partial charge in [0.25, 0.3) is 5.91 Å². The number of rotatable bonds is 10. The highest BCUT2D eigenvalue weighted by molar-refractivity contribution is 7.47. The van der Waals surface area contributed by atoms with Gasteiger partial charge in [-0.05, 0) is 43.3 Å². The van der Waals surface area contributed by atoms with Gasteiger partial charge in [0.05, 0.1) is 30.1 Å². The Morgan fingerprint density at radius 2 is 1.66 bits per heavy atom. The summed E-state index contributed by atoms with van der Waals surface area (Å²) >= 11 is 0. The molecular formula is C19H24N3O6P. The van der Waals surface area contributed by atoms with Gasteiger partial charge >= 0.3 is 7.82 Å². The van der Waals surface area contributed by atoms with Crippen LogP contribution in [0.5, 0.6) is 0 Å². The maximum absolute atomic E-state index is 12.5. The number of azo groups is 1. The van der Waals surface area contributed by atoms with E-state index in [1.54, 1.807) is 31.2 Å². The van der Waals surface area contributed by atoms with Crippen molar-refractivity contribution >= 4 is 25.1 Å². The third kappa shape index (κ3) is 7.49. The van der Waals surface area contributed by atoms with Gasteiger partial charge in [0, 0.05) is 19.8 Å². The SMILES string of the molecule is COC[C@H](NC(=O)c1ccc(N=Nc2ccccc2)cc1)[C@H](C)OP(=O)(O)OC. The molecule has 3 atom stereocenters. The Kier molecular flexibility index (Phi) is 8.63. The van der Waals surface area contributed by atoms with Gasteiger partial charge in [-0.15, -0.1) is 0 Å². The Morgan fingerprint density at radius 1 is 1.07 bits per heavy atom. The molecular weight excluding hydrogens is 397 g/mol. The first-order chi connectivity index (χ1) is 13.8. The Balaban J connectivity index is 2.02. The first-order valence-electron chi connectivity index (χ1n) is 8.78. The van der Waals surface area contributed by atoms with Gasteiger partial charge < -0.3 is 14.9 Å². The van der Waals surface area contributed by atoms with Crippen molar-refractivity contribution < 1.29 is 28.0 Å². The van der Waals surface area contributed by atoms with E-state index in [2.05, 4.69) is 20.1 Å². The lowest BCUT2D eigenvalue weighted by atomic mass is 10.1. The van der Waals surface area contributed by atoms with Crippen LogP contribution in [0.3, 0.4) is 0 Å². The summed E-state index contributed by atoms with van der Waals surface area (Å²) in [4.78, 5) is 22.0. The molecule has 0 aliphatic heterocycles. The highest BCUT2D eigenvalue weighted by Crippen LogP contribution is 2.43. The zero-order valence-electron chi connectivity index (χ0n) is 16.4. The molecule has 0 aliphatic rings. The van der Waals surface area contributed by atoms with E-state index in [4.69, 9.17) is 9.26 Å². The highest BCUT2D eigenvalue weighted by atomic mass is 31.2. The number of hydrogen-bond donors (Lipinski definition) is 2. The molecule has 2 rings (SSSR count). The van der Waals surface area contributed by atoms with Gasteiger partial charge in [-0.2, -0.15) is 10.2 Å². The number of ether oxygens (including phenoxy) is 1. The molecule has 0 heterocycles. The van der Waals surface area contributed by atoms with E-state index < -0.39 is 20.0 Å². The second kappa shape index (κ2) is 10.9. The average Bonchev–Trinajstić information content (AvgIpc) is 2.72. The van der Waals surface area contributed by atoms with Crippen molar-refractivity contribution in [2.45, 2.75) is 19.1 Å². The summed E-state index contributed by atoms with van der Waals surface area (Å²) in [5, 5.41) is 11.0. The lowest BCUT2D eigenvalue weighted by molar-refractivity contribution is 0.0579. The molecule has 9 nitrogen and oxygen atoms in total. The Morgan fingerprint density at radius 3 is 2.21 bits per heavy atom. The monoisotopic (exact) mass is 421 g/mol. The van der Waals surface area contributed by atoms with Gasteiger partial charge in [0.2, 0.25) is 0 Å². The third-order valence-electron chi connectivity index (χ3n) is 3.93. The first kappa shape index (κ1) is 22.9. The standard InChI is InChI=1S/C19H24N3O6P/c1-14(28-29(24,25)27-3)18(13-26-2)20-19(23)15-9-11-17(12-10-15)22-21-16-7-5-4-6-8-16/h4-12,14,18H,13H2,1-3H3,(H,20,23)(H,24,25)/t14-,18-/m0/s1. The van der Waals surface area contributed by atoms with E-state index in [0.717, 1.165) is 12.8 Å². The maximum Gasteiger partial charge on any atom is 0.472 e. The van der Waals surface area contributed by atoms with E-state index in [1.807, 2.05) is 30.3 Å². The molecule has 1 unspecified atom stereocenters. The van der Waals surface area contributed by atoms with E-state index >= 15 is 0 Å². The summed E-state index contributed by atoms with van der Waals surface area (Å²) in [7, 11) is -1.68. The maximum atomic E-state index is 12.5. The number of methoxy groups -OCH3 is 1. The molecule has 0 saturated carbocycles. The molecule has 0 fully saturated rings. The predicted octanol–water partition coefficient (Wildman–Crippen LogP) is 4.00. The topological polar surface area (TPSA) is 119 Å². The molecule has 156 valence electrons. The largest absolute Gasteiger partial charge is 0.472 e. The summed E-state index contributed by atoms with van der Waals surface area (Å²) in [6.07, 6.45) is -0.825. The normalized spacial score (nSPS) is 15.6. The Bertz CT molecular complexity index is 860. The van der Waals surface area contributed by atoms with E-state index in [-0.39, 0.29) is 12.5 Å². The number of carbonyl (C=O) groups excluding carboxylic acids is 1. The smallest absolute Gasteiger partial charge is 0.382 e. The zero-order chi connectivity index (χ0) is 21.3. The van der Waals surface area contributed by atoms with Gasteiger partial charge in [0.1, 0.15) is 0 Å². The van der Waals surface area contributed by atoms with E-state index in [9.17, 15) is 14.3 Å². The fourth-order valence-corrected chi connectivity index (χ4v) is 3.00. The summed E-state index contributed by atoms with van der Waals surface area (Å²) < 4.78 is 26.1. The van der Waals surface area contributed by atoms with Crippen LogP contribution in [0.25, 0.3) is 0 Å². The minimum atomic E-state index is -4.19. The molecule has 0 aliphatic carbocycles. The van der Waals surface area contributed by atoms with Crippen molar-refractivity contribution in [2.75, 3.05) is 20.8 Å². The summed E-state index contributed by atoms with van der Waals surface area (Å²) in [6, 6.07) is 15.2. The minimum Gasteiger partial charge on any atom is -0.382 e. The van der Waals surface area contributed by atoms with Crippen molar-refractivity contribution in [1.29, 1.82) is 0 Å².